The number of benzene rings is 1. The SMILES string of the molecule is COc1ccc(S(=O)(=O)NC2CCN3CCCC23)c(N)c1. The monoisotopic (exact) mass is 311 g/mol. The van der Waals surface area contributed by atoms with Crippen molar-refractivity contribution in [2.24, 2.45) is 0 Å². The lowest BCUT2D eigenvalue weighted by atomic mass is 10.1. The molecule has 3 N–H and O–H groups in total. The van der Waals surface area contributed by atoms with Crippen LogP contribution >= 0.6 is 0 Å². The molecule has 0 spiro atoms. The van der Waals surface area contributed by atoms with Gasteiger partial charge in [-0.2, -0.15) is 0 Å². The van der Waals surface area contributed by atoms with E-state index in [-0.39, 0.29) is 16.6 Å². The number of hydrogen-bond acceptors (Lipinski definition) is 5. The van der Waals surface area contributed by atoms with Crippen molar-refractivity contribution in [2.45, 2.75) is 36.2 Å². The minimum absolute atomic E-state index is 0.0148. The van der Waals surface area contributed by atoms with E-state index in [1.165, 1.54) is 19.2 Å². The zero-order chi connectivity index (χ0) is 15.0. The third-order valence-electron chi connectivity index (χ3n) is 4.42. The van der Waals surface area contributed by atoms with Gasteiger partial charge in [0.05, 0.1) is 12.8 Å². The second-order valence-corrected chi connectivity index (χ2v) is 7.35. The van der Waals surface area contributed by atoms with Gasteiger partial charge in [0, 0.05) is 24.7 Å². The molecular weight excluding hydrogens is 290 g/mol. The number of hydrogen-bond donors (Lipinski definition) is 2. The number of ether oxygens (including phenoxy) is 1. The molecule has 0 radical (unpaired) electrons. The Bertz CT molecular complexity index is 632. The Morgan fingerprint density at radius 3 is 2.86 bits per heavy atom. The largest absolute Gasteiger partial charge is 0.497 e. The van der Waals surface area contributed by atoms with E-state index in [2.05, 4.69) is 9.62 Å². The quantitative estimate of drug-likeness (QED) is 0.803. The first-order valence-electron chi connectivity index (χ1n) is 7.21. The lowest BCUT2D eigenvalue weighted by Gasteiger charge is -2.21. The van der Waals surface area contributed by atoms with Gasteiger partial charge in [0.2, 0.25) is 10.0 Å². The maximum atomic E-state index is 12.5. The number of fused-ring (bicyclic) bond motifs is 1. The van der Waals surface area contributed by atoms with Gasteiger partial charge in [-0.1, -0.05) is 0 Å². The number of methoxy groups -OCH3 is 1. The number of sulfonamides is 1. The van der Waals surface area contributed by atoms with E-state index in [0.29, 0.717) is 11.8 Å². The van der Waals surface area contributed by atoms with Gasteiger partial charge in [-0.25, -0.2) is 13.1 Å². The number of nitrogens with two attached hydrogens (primary N) is 1. The van der Waals surface area contributed by atoms with Crippen LogP contribution in [0.2, 0.25) is 0 Å². The highest BCUT2D eigenvalue weighted by Crippen LogP contribution is 2.30. The van der Waals surface area contributed by atoms with Gasteiger partial charge in [-0.05, 0) is 37.9 Å². The second kappa shape index (κ2) is 5.47. The Morgan fingerprint density at radius 1 is 1.33 bits per heavy atom. The summed E-state index contributed by atoms with van der Waals surface area (Å²) < 4.78 is 33.0. The summed E-state index contributed by atoms with van der Waals surface area (Å²) in [5, 5.41) is 0. The van der Waals surface area contributed by atoms with E-state index < -0.39 is 10.0 Å². The summed E-state index contributed by atoms with van der Waals surface area (Å²) >= 11 is 0. The zero-order valence-corrected chi connectivity index (χ0v) is 12.9. The Balaban J connectivity index is 1.81. The van der Waals surface area contributed by atoms with Gasteiger partial charge in [-0.15, -0.1) is 0 Å². The summed E-state index contributed by atoms with van der Waals surface area (Å²) in [5.74, 6) is 0.550. The van der Waals surface area contributed by atoms with Crippen LogP contribution in [0.3, 0.4) is 0 Å². The summed E-state index contributed by atoms with van der Waals surface area (Å²) in [4.78, 5) is 2.49. The maximum absolute atomic E-state index is 12.5. The summed E-state index contributed by atoms with van der Waals surface area (Å²) in [7, 11) is -2.07. The average Bonchev–Trinajstić information content (AvgIpc) is 3.03. The third-order valence-corrected chi connectivity index (χ3v) is 5.98. The highest BCUT2D eigenvalue weighted by molar-refractivity contribution is 7.89. The number of rotatable bonds is 4. The van der Waals surface area contributed by atoms with Crippen molar-refractivity contribution in [3.05, 3.63) is 18.2 Å². The van der Waals surface area contributed by atoms with Crippen molar-refractivity contribution in [3.63, 3.8) is 0 Å². The van der Waals surface area contributed by atoms with Crippen molar-refractivity contribution in [1.82, 2.24) is 9.62 Å². The molecule has 0 amide bonds. The minimum Gasteiger partial charge on any atom is -0.497 e. The molecule has 2 fully saturated rings. The fourth-order valence-electron chi connectivity index (χ4n) is 3.38. The first kappa shape index (κ1) is 14.6. The normalized spacial score (nSPS) is 26.0. The molecule has 0 bridgehead atoms. The van der Waals surface area contributed by atoms with Gasteiger partial charge >= 0.3 is 0 Å². The molecule has 0 saturated carbocycles. The standard InChI is InChI=1S/C14H21N3O3S/c1-20-10-4-5-14(11(15)9-10)21(18,19)16-12-6-8-17-7-2-3-13(12)17/h4-5,9,12-13,16H,2-3,6-8,15H2,1H3. The molecule has 2 heterocycles. The third kappa shape index (κ3) is 2.73. The average molecular weight is 311 g/mol. The first-order valence-corrected chi connectivity index (χ1v) is 8.69. The van der Waals surface area contributed by atoms with Crippen molar-refractivity contribution in [1.29, 1.82) is 0 Å². The van der Waals surface area contributed by atoms with Gasteiger partial charge in [0.25, 0.3) is 0 Å². The topological polar surface area (TPSA) is 84.7 Å². The molecule has 116 valence electrons. The van der Waals surface area contributed by atoms with Crippen LogP contribution in [0.4, 0.5) is 5.69 Å². The number of nitrogen functional groups attached to an aromatic ring is 1. The Morgan fingerprint density at radius 2 is 2.14 bits per heavy atom. The number of anilines is 1. The van der Waals surface area contributed by atoms with Crippen molar-refractivity contribution >= 4 is 15.7 Å². The predicted molar refractivity (Wildman–Crippen MR) is 80.7 cm³/mol. The van der Waals surface area contributed by atoms with E-state index in [0.717, 1.165) is 32.4 Å². The molecule has 0 aliphatic carbocycles. The smallest absolute Gasteiger partial charge is 0.242 e. The molecule has 2 saturated heterocycles. The fraction of sp³-hybridized carbons (Fsp3) is 0.571. The molecule has 2 unspecified atom stereocenters. The highest BCUT2D eigenvalue weighted by Gasteiger charge is 2.39. The number of nitrogens with zero attached hydrogens (tertiary/aromatic N) is 1. The van der Waals surface area contributed by atoms with Crippen LogP contribution < -0.4 is 15.2 Å². The van der Waals surface area contributed by atoms with Crippen LogP contribution in [-0.2, 0) is 10.0 Å². The molecule has 6 nitrogen and oxygen atoms in total. The minimum atomic E-state index is -3.60. The van der Waals surface area contributed by atoms with Crippen LogP contribution in [0.1, 0.15) is 19.3 Å². The first-order chi connectivity index (χ1) is 10.0. The summed E-state index contributed by atoms with van der Waals surface area (Å²) in [5.41, 5.74) is 6.07. The van der Waals surface area contributed by atoms with Crippen LogP contribution in [0.15, 0.2) is 23.1 Å². The van der Waals surface area contributed by atoms with Crippen LogP contribution in [0, 0.1) is 0 Å². The zero-order valence-electron chi connectivity index (χ0n) is 12.1. The lowest BCUT2D eigenvalue weighted by Crippen LogP contribution is -2.42. The van der Waals surface area contributed by atoms with Crippen LogP contribution in [0.25, 0.3) is 0 Å². The van der Waals surface area contributed by atoms with Gasteiger partial charge in [-0.3, -0.25) is 4.90 Å². The van der Waals surface area contributed by atoms with Gasteiger partial charge in [0.15, 0.2) is 0 Å². The number of nitrogens with one attached hydrogen (secondary N) is 1. The van der Waals surface area contributed by atoms with E-state index in [1.54, 1.807) is 6.07 Å². The molecule has 7 heteroatoms. The van der Waals surface area contributed by atoms with E-state index >= 15 is 0 Å². The lowest BCUT2D eigenvalue weighted by molar-refractivity contribution is 0.309. The van der Waals surface area contributed by atoms with E-state index in [1.807, 2.05) is 0 Å². The molecule has 1 aromatic carbocycles. The van der Waals surface area contributed by atoms with Gasteiger partial charge in [0.1, 0.15) is 10.6 Å². The van der Waals surface area contributed by atoms with Crippen LogP contribution in [-0.4, -0.2) is 45.6 Å². The second-order valence-electron chi connectivity index (χ2n) is 5.67. The van der Waals surface area contributed by atoms with Crippen molar-refractivity contribution in [3.8, 4) is 5.75 Å². The van der Waals surface area contributed by atoms with Crippen molar-refractivity contribution in [2.75, 3.05) is 25.9 Å². The summed E-state index contributed by atoms with van der Waals surface area (Å²) in [6.45, 7) is 2.05. The fourth-order valence-corrected chi connectivity index (χ4v) is 4.80. The molecule has 0 aromatic heterocycles. The summed E-state index contributed by atoms with van der Waals surface area (Å²) in [6, 6.07) is 4.96. The van der Waals surface area contributed by atoms with Gasteiger partial charge < -0.3 is 10.5 Å². The molecule has 1 aromatic rings. The summed E-state index contributed by atoms with van der Waals surface area (Å²) in [6.07, 6.45) is 3.07. The maximum Gasteiger partial charge on any atom is 0.242 e. The Labute approximate surface area is 125 Å². The van der Waals surface area contributed by atoms with E-state index in [4.69, 9.17) is 10.5 Å². The molecule has 2 aliphatic heterocycles. The predicted octanol–water partition coefficient (Wildman–Crippen LogP) is 0.792. The van der Waals surface area contributed by atoms with Crippen molar-refractivity contribution < 1.29 is 13.2 Å². The van der Waals surface area contributed by atoms with E-state index in [9.17, 15) is 8.42 Å². The molecule has 21 heavy (non-hydrogen) atoms. The molecule has 2 aliphatic rings. The van der Waals surface area contributed by atoms with Crippen LogP contribution in [0.5, 0.6) is 5.75 Å². The molecule has 2 atom stereocenters. The molecule has 3 rings (SSSR count). The molecular formula is C14H21N3O3S. The Kier molecular flexibility index (Phi) is 3.81. The Hall–Kier alpha value is -1.31. The highest BCUT2D eigenvalue weighted by atomic mass is 32.2.